The van der Waals surface area contributed by atoms with Gasteiger partial charge in [0.2, 0.25) is 0 Å². The average molecular weight is 228 g/mol. The highest BCUT2D eigenvalue weighted by molar-refractivity contribution is 5.06. The highest BCUT2D eigenvalue weighted by atomic mass is 16.5. The van der Waals surface area contributed by atoms with E-state index in [1.165, 1.54) is 0 Å². The van der Waals surface area contributed by atoms with Crippen molar-refractivity contribution in [1.82, 2.24) is 9.78 Å². The van der Waals surface area contributed by atoms with Gasteiger partial charge in [-0.1, -0.05) is 0 Å². The summed E-state index contributed by atoms with van der Waals surface area (Å²) in [5, 5.41) is 13.5. The maximum absolute atomic E-state index is 9.31. The Hall–Kier alpha value is -0.910. The SMILES string of the molecule is COCCOCCCn1cc(C(C)O)cn1. The summed E-state index contributed by atoms with van der Waals surface area (Å²) < 4.78 is 12.0. The molecule has 0 saturated carbocycles. The van der Waals surface area contributed by atoms with E-state index in [0.29, 0.717) is 19.8 Å². The predicted octanol–water partition coefficient (Wildman–Crippen LogP) is 0.989. The average Bonchev–Trinajstić information content (AvgIpc) is 2.72. The van der Waals surface area contributed by atoms with Crippen molar-refractivity contribution in [1.29, 1.82) is 0 Å². The van der Waals surface area contributed by atoms with E-state index in [9.17, 15) is 5.11 Å². The first-order valence-corrected chi connectivity index (χ1v) is 5.51. The standard InChI is InChI=1S/C11H20N2O3/c1-10(14)11-8-12-13(9-11)4-3-5-16-7-6-15-2/h8-10,14H,3-7H2,1-2H3. The molecule has 0 radical (unpaired) electrons. The van der Waals surface area contributed by atoms with Crippen molar-refractivity contribution >= 4 is 0 Å². The Bertz CT molecular complexity index is 287. The van der Waals surface area contributed by atoms with E-state index >= 15 is 0 Å². The molecule has 1 aromatic heterocycles. The molecule has 5 heteroatoms. The van der Waals surface area contributed by atoms with Crippen molar-refractivity contribution in [3.05, 3.63) is 18.0 Å². The molecule has 92 valence electrons. The minimum atomic E-state index is -0.452. The van der Waals surface area contributed by atoms with Gasteiger partial charge < -0.3 is 14.6 Å². The normalized spacial score (nSPS) is 12.9. The summed E-state index contributed by atoms with van der Waals surface area (Å²) in [6.45, 7) is 4.50. The Morgan fingerprint density at radius 2 is 2.25 bits per heavy atom. The van der Waals surface area contributed by atoms with Crippen LogP contribution in [0.2, 0.25) is 0 Å². The van der Waals surface area contributed by atoms with E-state index in [0.717, 1.165) is 18.5 Å². The number of ether oxygens (including phenoxy) is 2. The summed E-state index contributed by atoms with van der Waals surface area (Å²) in [7, 11) is 1.66. The summed E-state index contributed by atoms with van der Waals surface area (Å²) in [5.74, 6) is 0. The van der Waals surface area contributed by atoms with E-state index in [1.807, 2.05) is 10.9 Å². The van der Waals surface area contributed by atoms with Gasteiger partial charge in [0.15, 0.2) is 0 Å². The van der Waals surface area contributed by atoms with E-state index in [1.54, 1.807) is 20.2 Å². The molecule has 0 aliphatic rings. The zero-order valence-electron chi connectivity index (χ0n) is 9.93. The van der Waals surface area contributed by atoms with Gasteiger partial charge in [-0.2, -0.15) is 5.10 Å². The third kappa shape index (κ3) is 4.74. The quantitative estimate of drug-likeness (QED) is 0.674. The second-order valence-corrected chi connectivity index (χ2v) is 3.67. The van der Waals surface area contributed by atoms with Crippen molar-refractivity contribution in [2.45, 2.75) is 26.0 Å². The molecule has 0 aliphatic heterocycles. The number of methoxy groups -OCH3 is 1. The van der Waals surface area contributed by atoms with Crippen molar-refractivity contribution in [2.75, 3.05) is 26.9 Å². The van der Waals surface area contributed by atoms with Crippen LogP contribution in [0.1, 0.15) is 25.0 Å². The molecule has 1 heterocycles. The highest BCUT2D eigenvalue weighted by Gasteiger charge is 2.03. The van der Waals surface area contributed by atoms with E-state index in [-0.39, 0.29) is 0 Å². The zero-order chi connectivity index (χ0) is 11.8. The summed E-state index contributed by atoms with van der Waals surface area (Å²) in [4.78, 5) is 0. The molecular weight excluding hydrogens is 208 g/mol. The Labute approximate surface area is 96.0 Å². The predicted molar refractivity (Wildman–Crippen MR) is 60.2 cm³/mol. The van der Waals surface area contributed by atoms with Crippen LogP contribution >= 0.6 is 0 Å². The third-order valence-corrected chi connectivity index (χ3v) is 2.24. The molecule has 1 atom stereocenters. The van der Waals surface area contributed by atoms with Gasteiger partial charge in [0.1, 0.15) is 0 Å². The number of rotatable bonds is 8. The topological polar surface area (TPSA) is 56.5 Å². The van der Waals surface area contributed by atoms with Crippen LogP contribution in [0.4, 0.5) is 0 Å². The monoisotopic (exact) mass is 228 g/mol. The minimum absolute atomic E-state index is 0.452. The maximum atomic E-state index is 9.31. The molecular formula is C11H20N2O3. The van der Waals surface area contributed by atoms with Crippen LogP contribution < -0.4 is 0 Å². The Balaban J connectivity index is 2.12. The van der Waals surface area contributed by atoms with Crippen LogP contribution in [0.3, 0.4) is 0 Å². The first-order chi connectivity index (χ1) is 7.74. The van der Waals surface area contributed by atoms with Gasteiger partial charge in [-0.15, -0.1) is 0 Å². The summed E-state index contributed by atoms with van der Waals surface area (Å²) in [6, 6.07) is 0. The highest BCUT2D eigenvalue weighted by Crippen LogP contribution is 2.09. The fraction of sp³-hybridized carbons (Fsp3) is 0.727. The number of hydrogen-bond donors (Lipinski definition) is 1. The molecule has 0 aromatic carbocycles. The van der Waals surface area contributed by atoms with Crippen LogP contribution in [0.5, 0.6) is 0 Å². The second kappa shape index (κ2) is 7.38. The number of aryl methyl sites for hydroxylation is 1. The van der Waals surface area contributed by atoms with Crippen LogP contribution in [-0.4, -0.2) is 41.8 Å². The lowest BCUT2D eigenvalue weighted by molar-refractivity contribution is 0.0677. The molecule has 1 unspecified atom stereocenters. The van der Waals surface area contributed by atoms with E-state index in [4.69, 9.17) is 9.47 Å². The molecule has 0 amide bonds. The van der Waals surface area contributed by atoms with Gasteiger partial charge in [0.05, 0.1) is 25.5 Å². The Kier molecular flexibility index (Phi) is 6.07. The van der Waals surface area contributed by atoms with Gasteiger partial charge in [-0.25, -0.2) is 0 Å². The maximum Gasteiger partial charge on any atom is 0.0792 e. The van der Waals surface area contributed by atoms with Crippen molar-refractivity contribution in [3.63, 3.8) is 0 Å². The molecule has 0 saturated heterocycles. The van der Waals surface area contributed by atoms with E-state index in [2.05, 4.69) is 5.10 Å². The Morgan fingerprint density at radius 1 is 1.44 bits per heavy atom. The lowest BCUT2D eigenvalue weighted by atomic mass is 10.2. The summed E-state index contributed by atoms with van der Waals surface area (Å²) in [5.41, 5.74) is 0.848. The lowest BCUT2D eigenvalue weighted by Crippen LogP contribution is -2.06. The lowest BCUT2D eigenvalue weighted by Gasteiger charge is -2.03. The number of aliphatic hydroxyl groups is 1. The molecule has 0 spiro atoms. The van der Waals surface area contributed by atoms with Crippen LogP contribution in [0, 0.1) is 0 Å². The fourth-order valence-corrected chi connectivity index (χ4v) is 1.29. The first kappa shape index (κ1) is 13.2. The summed E-state index contributed by atoms with van der Waals surface area (Å²) in [6.07, 6.45) is 4.01. The zero-order valence-corrected chi connectivity index (χ0v) is 9.93. The number of nitrogens with zero attached hydrogens (tertiary/aromatic N) is 2. The van der Waals surface area contributed by atoms with Crippen LogP contribution in [0.25, 0.3) is 0 Å². The van der Waals surface area contributed by atoms with Crippen molar-refractivity contribution < 1.29 is 14.6 Å². The number of aromatic nitrogens is 2. The van der Waals surface area contributed by atoms with Gasteiger partial charge in [0.25, 0.3) is 0 Å². The molecule has 5 nitrogen and oxygen atoms in total. The molecule has 1 rings (SSSR count). The molecule has 0 aliphatic carbocycles. The smallest absolute Gasteiger partial charge is 0.0792 e. The van der Waals surface area contributed by atoms with Crippen molar-refractivity contribution in [3.8, 4) is 0 Å². The molecule has 16 heavy (non-hydrogen) atoms. The largest absolute Gasteiger partial charge is 0.389 e. The summed E-state index contributed by atoms with van der Waals surface area (Å²) >= 11 is 0. The van der Waals surface area contributed by atoms with Crippen LogP contribution in [0.15, 0.2) is 12.4 Å². The van der Waals surface area contributed by atoms with Gasteiger partial charge >= 0.3 is 0 Å². The molecule has 1 N–H and O–H groups in total. The van der Waals surface area contributed by atoms with Crippen molar-refractivity contribution in [2.24, 2.45) is 0 Å². The Morgan fingerprint density at radius 3 is 2.88 bits per heavy atom. The number of aliphatic hydroxyl groups excluding tert-OH is 1. The van der Waals surface area contributed by atoms with Gasteiger partial charge in [-0.05, 0) is 13.3 Å². The number of hydrogen-bond acceptors (Lipinski definition) is 4. The first-order valence-electron chi connectivity index (χ1n) is 5.51. The fourth-order valence-electron chi connectivity index (χ4n) is 1.29. The molecule has 1 aromatic rings. The van der Waals surface area contributed by atoms with Crippen LogP contribution in [-0.2, 0) is 16.0 Å². The van der Waals surface area contributed by atoms with Gasteiger partial charge in [0, 0.05) is 32.0 Å². The third-order valence-electron chi connectivity index (χ3n) is 2.24. The molecule has 0 bridgehead atoms. The second-order valence-electron chi connectivity index (χ2n) is 3.67. The molecule has 0 fully saturated rings. The van der Waals surface area contributed by atoms with E-state index < -0.39 is 6.10 Å². The van der Waals surface area contributed by atoms with Gasteiger partial charge in [-0.3, -0.25) is 4.68 Å². The minimum Gasteiger partial charge on any atom is -0.389 e.